The summed E-state index contributed by atoms with van der Waals surface area (Å²) < 4.78 is 23.6. The standard InChI is InChI=1S/C11H10O5S/c1-6(11(13)14)8-5-17(15,16)10-7(8)3-2-4-9(10)12/h2-6,12H,1H3,(H,13,14). The summed E-state index contributed by atoms with van der Waals surface area (Å²) in [6.45, 7) is 1.41. The molecule has 0 saturated carbocycles. The highest BCUT2D eigenvalue weighted by atomic mass is 32.2. The summed E-state index contributed by atoms with van der Waals surface area (Å²) in [7, 11) is -3.74. The van der Waals surface area contributed by atoms with Gasteiger partial charge in [0.15, 0.2) is 0 Å². The topological polar surface area (TPSA) is 91.7 Å². The second-order valence-electron chi connectivity index (χ2n) is 3.83. The van der Waals surface area contributed by atoms with Gasteiger partial charge in [-0.3, -0.25) is 4.79 Å². The minimum atomic E-state index is -3.74. The van der Waals surface area contributed by atoms with Crippen LogP contribution in [0, 0.1) is 5.92 Å². The first-order valence-electron chi connectivity index (χ1n) is 4.86. The highest BCUT2D eigenvalue weighted by molar-refractivity contribution is 7.95. The maximum Gasteiger partial charge on any atom is 0.310 e. The van der Waals surface area contributed by atoms with Gasteiger partial charge in [0.25, 0.3) is 0 Å². The zero-order valence-corrected chi connectivity index (χ0v) is 9.73. The van der Waals surface area contributed by atoms with Crippen LogP contribution in [0.4, 0.5) is 0 Å². The van der Waals surface area contributed by atoms with Crippen LogP contribution in [0.1, 0.15) is 12.5 Å². The number of sulfone groups is 1. The number of hydrogen-bond donors (Lipinski definition) is 2. The van der Waals surface area contributed by atoms with Gasteiger partial charge in [-0.15, -0.1) is 0 Å². The Morgan fingerprint density at radius 2 is 2.00 bits per heavy atom. The van der Waals surface area contributed by atoms with E-state index in [1.165, 1.54) is 25.1 Å². The third-order valence-corrected chi connectivity index (χ3v) is 4.27. The molecule has 0 spiro atoms. The van der Waals surface area contributed by atoms with Crippen molar-refractivity contribution in [3.63, 3.8) is 0 Å². The Labute approximate surface area is 97.9 Å². The number of phenols is 1. The Hall–Kier alpha value is -1.82. The minimum absolute atomic E-state index is 0.198. The predicted molar refractivity (Wildman–Crippen MR) is 60.1 cm³/mol. The molecular formula is C11H10O5S. The number of rotatable bonds is 2. The summed E-state index contributed by atoms with van der Waals surface area (Å²) in [5.74, 6) is -2.40. The van der Waals surface area contributed by atoms with E-state index in [4.69, 9.17) is 5.11 Å². The molecule has 90 valence electrons. The van der Waals surface area contributed by atoms with E-state index in [0.29, 0.717) is 0 Å². The fraction of sp³-hybridized carbons (Fsp3) is 0.182. The van der Waals surface area contributed by atoms with Crippen molar-refractivity contribution in [3.05, 3.63) is 29.2 Å². The van der Waals surface area contributed by atoms with E-state index in [-0.39, 0.29) is 21.8 Å². The minimum Gasteiger partial charge on any atom is -0.507 e. The normalized spacial score (nSPS) is 18.3. The van der Waals surface area contributed by atoms with Crippen molar-refractivity contribution < 1.29 is 23.4 Å². The van der Waals surface area contributed by atoms with Crippen molar-refractivity contribution in [3.8, 4) is 5.75 Å². The summed E-state index contributed by atoms with van der Waals surface area (Å²) in [6, 6.07) is 4.24. The van der Waals surface area contributed by atoms with Crippen LogP contribution in [0.25, 0.3) is 5.57 Å². The Morgan fingerprint density at radius 3 is 2.59 bits per heavy atom. The van der Waals surface area contributed by atoms with Crippen molar-refractivity contribution in [1.82, 2.24) is 0 Å². The summed E-state index contributed by atoms with van der Waals surface area (Å²) in [4.78, 5) is 10.7. The molecule has 1 aromatic carbocycles. The van der Waals surface area contributed by atoms with Gasteiger partial charge in [-0.2, -0.15) is 0 Å². The maximum absolute atomic E-state index is 11.8. The summed E-state index contributed by atoms with van der Waals surface area (Å²) in [5, 5.41) is 19.4. The monoisotopic (exact) mass is 254 g/mol. The van der Waals surface area contributed by atoms with Gasteiger partial charge in [-0.1, -0.05) is 12.1 Å². The lowest BCUT2D eigenvalue weighted by Gasteiger charge is -2.08. The van der Waals surface area contributed by atoms with E-state index in [2.05, 4.69) is 0 Å². The van der Waals surface area contributed by atoms with E-state index in [1.54, 1.807) is 0 Å². The molecule has 1 heterocycles. The van der Waals surface area contributed by atoms with Crippen LogP contribution in [-0.2, 0) is 14.6 Å². The third-order valence-electron chi connectivity index (χ3n) is 2.71. The van der Waals surface area contributed by atoms with Crippen LogP contribution in [-0.4, -0.2) is 24.6 Å². The molecule has 0 fully saturated rings. The molecule has 0 bridgehead atoms. The Morgan fingerprint density at radius 1 is 1.35 bits per heavy atom. The van der Waals surface area contributed by atoms with Crippen molar-refractivity contribution in [2.75, 3.05) is 0 Å². The molecule has 0 amide bonds. The van der Waals surface area contributed by atoms with Crippen LogP contribution in [0.3, 0.4) is 0 Å². The van der Waals surface area contributed by atoms with Crippen LogP contribution in [0.5, 0.6) is 5.75 Å². The van der Waals surface area contributed by atoms with Gasteiger partial charge in [0.1, 0.15) is 10.6 Å². The molecule has 0 saturated heterocycles. The first kappa shape index (κ1) is 11.7. The Kier molecular flexibility index (Phi) is 2.46. The Bertz CT molecular complexity index is 627. The third kappa shape index (κ3) is 1.70. The van der Waals surface area contributed by atoms with E-state index in [0.717, 1.165) is 5.41 Å². The molecule has 0 radical (unpaired) electrons. The van der Waals surface area contributed by atoms with Crippen LogP contribution in [0.2, 0.25) is 0 Å². The second-order valence-corrected chi connectivity index (χ2v) is 5.57. The number of benzene rings is 1. The molecule has 1 aliphatic heterocycles. The quantitative estimate of drug-likeness (QED) is 0.828. The van der Waals surface area contributed by atoms with Gasteiger partial charge in [-0.05, 0) is 18.6 Å². The summed E-state index contributed by atoms with van der Waals surface area (Å²) >= 11 is 0. The van der Waals surface area contributed by atoms with Gasteiger partial charge in [0, 0.05) is 11.0 Å². The molecule has 2 rings (SSSR count). The number of carbonyl (C=O) groups is 1. The van der Waals surface area contributed by atoms with E-state index >= 15 is 0 Å². The average molecular weight is 254 g/mol. The van der Waals surface area contributed by atoms with Gasteiger partial charge < -0.3 is 10.2 Å². The fourth-order valence-corrected chi connectivity index (χ4v) is 3.44. The largest absolute Gasteiger partial charge is 0.507 e. The molecular weight excluding hydrogens is 244 g/mol. The smallest absolute Gasteiger partial charge is 0.310 e. The van der Waals surface area contributed by atoms with E-state index in [9.17, 15) is 18.3 Å². The SMILES string of the molecule is CC(C(=O)O)C1=CS(=O)(=O)c2c(O)cccc21. The van der Waals surface area contributed by atoms with E-state index < -0.39 is 21.7 Å². The molecule has 6 heteroatoms. The van der Waals surface area contributed by atoms with Crippen molar-refractivity contribution in [1.29, 1.82) is 0 Å². The lowest BCUT2D eigenvalue weighted by Crippen LogP contribution is -2.10. The number of phenolic OH excluding ortho intramolecular Hbond substituents is 1. The van der Waals surface area contributed by atoms with Crippen molar-refractivity contribution in [2.45, 2.75) is 11.8 Å². The highest BCUT2D eigenvalue weighted by Crippen LogP contribution is 2.41. The molecule has 1 aromatic rings. The number of carboxylic acid groups (broad SMARTS) is 1. The molecule has 5 nitrogen and oxygen atoms in total. The Balaban J connectivity index is 2.71. The molecule has 1 atom stereocenters. The van der Waals surface area contributed by atoms with E-state index in [1.807, 2.05) is 0 Å². The molecule has 17 heavy (non-hydrogen) atoms. The zero-order chi connectivity index (χ0) is 12.8. The molecule has 1 unspecified atom stereocenters. The first-order valence-corrected chi connectivity index (χ1v) is 6.41. The molecule has 0 aliphatic carbocycles. The predicted octanol–water partition coefficient (Wildman–Crippen LogP) is 1.24. The number of aromatic hydroxyl groups is 1. The van der Waals surface area contributed by atoms with Gasteiger partial charge in [-0.25, -0.2) is 8.42 Å². The maximum atomic E-state index is 11.8. The second kappa shape index (κ2) is 3.59. The number of carboxylic acids is 1. The highest BCUT2D eigenvalue weighted by Gasteiger charge is 2.34. The van der Waals surface area contributed by atoms with Gasteiger partial charge in [0.2, 0.25) is 9.84 Å². The molecule has 1 aliphatic rings. The van der Waals surface area contributed by atoms with Crippen LogP contribution in [0.15, 0.2) is 28.5 Å². The summed E-state index contributed by atoms with van der Waals surface area (Å²) in [6.07, 6.45) is 0. The number of hydrogen-bond acceptors (Lipinski definition) is 4. The summed E-state index contributed by atoms with van der Waals surface area (Å²) in [5.41, 5.74) is 0.461. The average Bonchev–Trinajstić information content (AvgIpc) is 2.51. The zero-order valence-electron chi connectivity index (χ0n) is 8.91. The number of aliphatic carboxylic acids is 1. The lowest BCUT2D eigenvalue weighted by molar-refractivity contribution is -0.139. The molecule has 0 aromatic heterocycles. The van der Waals surface area contributed by atoms with Crippen molar-refractivity contribution in [2.24, 2.45) is 5.92 Å². The van der Waals surface area contributed by atoms with Crippen LogP contribution < -0.4 is 0 Å². The number of fused-ring (bicyclic) bond motifs is 1. The van der Waals surface area contributed by atoms with Gasteiger partial charge >= 0.3 is 5.97 Å². The first-order chi connectivity index (χ1) is 7.84. The lowest BCUT2D eigenvalue weighted by atomic mass is 9.95. The van der Waals surface area contributed by atoms with Gasteiger partial charge in [0.05, 0.1) is 5.92 Å². The fourth-order valence-electron chi connectivity index (χ4n) is 1.81. The molecule has 2 N–H and O–H groups in total. The van der Waals surface area contributed by atoms with Crippen molar-refractivity contribution >= 4 is 21.4 Å². The van der Waals surface area contributed by atoms with Crippen LogP contribution >= 0.6 is 0 Å².